The molecule has 1 aromatic rings. The van der Waals surface area contributed by atoms with Gasteiger partial charge in [-0.3, -0.25) is 20.4 Å². The molecule has 7 heteroatoms. The lowest BCUT2D eigenvalue weighted by molar-refractivity contribution is 0.289. The summed E-state index contributed by atoms with van der Waals surface area (Å²) in [4.78, 5) is 16.1. The third kappa shape index (κ3) is 6.19. The molecule has 0 unspecified atom stereocenters. The second-order valence-corrected chi connectivity index (χ2v) is 8.70. The third-order valence-corrected chi connectivity index (χ3v) is 6.22. The van der Waals surface area contributed by atoms with Gasteiger partial charge < -0.3 is 4.90 Å². The van der Waals surface area contributed by atoms with E-state index in [1.54, 1.807) is 6.21 Å². The third-order valence-electron chi connectivity index (χ3n) is 6.22. The van der Waals surface area contributed by atoms with Gasteiger partial charge in [0, 0.05) is 32.5 Å². The predicted molar refractivity (Wildman–Crippen MR) is 134 cm³/mol. The standard InChI is InChI=1S/C25H39N7/c1-6-8-16-27-25(26-7-2)31(4)18-23-24(29-30-32(23)5)22-15-14-21(19(3)28-22)17-20-12-10-9-11-13-20/h6,8,14-16,20,29-30H,7,9-13,17-18H2,1-5H3/b8-6+,26-25+,27-16-. The summed E-state index contributed by atoms with van der Waals surface area (Å²) >= 11 is 0. The lowest BCUT2D eigenvalue weighted by atomic mass is 9.84. The molecule has 1 aromatic heterocycles. The number of aromatic nitrogens is 1. The summed E-state index contributed by atoms with van der Waals surface area (Å²) in [5, 5.41) is 2.00. The number of rotatable bonds is 7. The van der Waals surface area contributed by atoms with E-state index in [4.69, 9.17) is 4.98 Å². The minimum absolute atomic E-state index is 0.655. The van der Waals surface area contributed by atoms with E-state index < -0.39 is 0 Å². The Balaban J connectivity index is 1.79. The summed E-state index contributed by atoms with van der Waals surface area (Å²) in [7, 11) is 4.03. The first kappa shape index (κ1) is 24.0. The highest BCUT2D eigenvalue weighted by atomic mass is 15.7. The van der Waals surface area contributed by atoms with Gasteiger partial charge in [-0.2, -0.15) is 0 Å². The first-order chi connectivity index (χ1) is 15.5. The van der Waals surface area contributed by atoms with Crippen molar-refractivity contribution in [3.63, 3.8) is 0 Å². The van der Waals surface area contributed by atoms with Gasteiger partial charge >= 0.3 is 0 Å². The number of hydrazine groups is 2. The maximum atomic E-state index is 4.98. The minimum Gasteiger partial charge on any atom is -0.338 e. The van der Waals surface area contributed by atoms with Gasteiger partial charge in [0.2, 0.25) is 5.96 Å². The Morgan fingerprint density at radius 2 is 2.06 bits per heavy atom. The molecule has 2 heterocycles. The van der Waals surface area contributed by atoms with E-state index >= 15 is 0 Å². The van der Waals surface area contributed by atoms with Crippen molar-refractivity contribution < 1.29 is 0 Å². The highest BCUT2D eigenvalue weighted by Crippen LogP contribution is 2.28. The summed E-state index contributed by atoms with van der Waals surface area (Å²) < 4.78 is 0. The predicted octanol–water partition coefficient (Wildman–Crippen LogP) is 4.09. The molecule has 0 amide bonds. The van der Waals surface area contributed by atoms with Crippen molar-refractivity contribution in [1.82, 2.24) is 25.9 Å². The van der Waals surface area contributed by atoms with Gasteiger partial charge in [-0.15, -0.1) is 5.53 Å². The van der Waals surface area contributed by atoms with Crippen LogP contribution in [0.25, 0.3) is 5.70 Å². The number of aryl methyl sites for hydroxylation is 1. The number of hydrogen-bond donors (Lipinski definition) is 2. The first-order valence-corrected chi connectivity index (χ1v) is 11.9. The molecule has 32 heavy (non-hydrogen) atoms. The zero-order valence-corrected chi connectivity index (χ0v) is 20.4. The number of pyridine rings is 1. The van der Waals surface area contributed by atoms with Crippen LogP contribution in [0.1, 0.15) is 62.9 Å². The van der Waals surface area contributed by atoms with Crippen molar-refractivity contribution >= 4 is 17.9 Å². The smallest absolute Gasteiger partial charge is 0.220 e. The molecule has 0 saturated heterocycles. The van der Waals surface area contributed by atoms with Crippen LogP contribution in [0.3, 0.4) is 0 Å². The molecule has 3 rings (SSSR count). The zero-order chi connectivity index (χ0) is 22.9. The van der Waals surface area contributed by atoms with Gasteiger partial charge in [0.05, 0.1) is 23.6 Å². The van der Waals surface area contributed by atoms with Gasteiger partial charge in [0.1, 0.15) is 0 Å². The average Bonchev–Trinajstić information content (AvgIpc) is 3.15. The topological polar surface area (TPSA) is 68.1 Å². The van der Waals surface area contributed by atoms with Crippen LogP contribution < -0.4 is 11.0 Å². The van der Waals surface area contributed by atoms with Crippen LogP contribution in [0.2, 0.25) is 0 Å². The molecule has 0 atom stereocenters. The SMILES string of the molecule is C/C=C/C=N\C(=N/CC)N(C)CC1=C(c2ccc(CC3CCCCC3)c(C)n2)NNN1C. The van der Waals surface area contributed by atoms with Gasteiger partial charge in [0.25, 0.3) is 0 Å². The lowest BCUT2D eigenvalue weighted by Crippen LogP contribution is -2.37. The molecular weight excluding hydrogens is 398 g/mol. The van der Waals surface area contributed by atoms with Crippen LogP contribution in [-0.4, -0.2) is 54.3 Å². The number of allylic oxidation sites excluding steroid dienone is 2. The van der Waals surface area contributed by atoms with Crippen molar-refractivity contribution in [3.05, 3.63) is 46.9 Å². The molecule has 0 radical (unpaired) electrons. The summed E-state index contributed by atoms with van der Waals surface area (Å²) in [6.07, 6.45) is 13.7. The monoisotopic (exact) mass is 437 g/mol. The van der Waals surface area contributed by atoms with E-state index in [2.05, 4.69) is 44.9 Å². The Morgan fingerprint density at radius 1 is 1.28 bits per heavy atom. The fourth-order valence-electron chi connectivity index (χ4n) is 4.38. The van der Waals surface area contributed by atoms with E-state index in [-0.39, 0.29) is 0 Å². The quantitative estimate of drug-likeness (QED) is 0.497. The Kier molecular flexibility index (Phi) is 8.85. The lowest BCUT2D eigenvalue weighted by Gasteiger charge is -2.23. The molecule has 7 nitrogen and oxygen atoms in total. The summed E-state index contributed by atoms with van der Waals surface area (Å²) in [6.45, 7) is 7.48. The van der Waals surface area contributed by atoms with Crippen LogP contribution in [-0.2, 0) is 6.42 Å². The van der Waals surface area contributed by atoms with Crippen molar-refractivity contribution in [3.8, 4) is 0 Å². The largest absolute Gasteiger partial charge is 0.338 e. The van der Waals surface area contributed by atoms with Crippen molar-refractivity contribution in [1.29, 1.82) is 0 Å². The maximum absolute atomic E-state index is 4.98. The highest BCUT2D eigenvalue weighted by Gasteiger charge is 2.24. The van der Waals surface area contributed by atoms with E-state index in [9.17, 15) is 0 Å². The van der Waals surface area contributed by atoms with Crippen LogP contribution in [0.4, 0.5) is 0 Å². The number of guanidine groups is 1. The van der Waals surface area contributed by atoms with E-state index in [1.165, 1.54) is 37.7 Å². The summed E-state index contributed by atoms with van der Waals surface area (Å²) in [5.74, 6) is 1.53. The number of nitrogens with zero attached hydrogens (tertiary/aromatic N) is 5. The maximum Gasteiger partial charge on any atom is 0.220 e. The molecule has 1 saturated carbocycles. The highest BCUT2D eigenvalue weighted by molar-refractivity contribution is 5.91. The number of hydrogen-bond acceptors (Lipinski definition) is 5. The van der Waals surface area contributed by atoms with Crippen molar-refractivity contribution in [2.75, 3.05) is 27.2 Å². The normalized spacial score (nSPS) is 18.3. The molecule has 1 aliphatic heterocycles. The molecule has 2 N–H and O–H groups in total. The van der Waals surface area contributed by atoms with Crippen LogP contribution in [0.15, 0.2) is 40.0 Å². The van der Waals surface area contributed by atoms with E-state index in [0.29, 0.717) is 19.0 Å². The van der Waals surface area contributed by atoms with Crippen molar-refractivity contribution in [2.45, 2.75) is 59.3 Å². The molecule has 0 aromatic carbocycles. The molecule has 2 aliphatic rings. The summed E-state index contributed by atoms with van der Waals surface area (Å²) in [5.41, 5.74) is 12.1. The average molecular weight is 438 g/mol. The van der Waals surface area contributed by atoms with E-state index in [0.717, 1.165) is 35.1 Å². The fourth-order valence-corrected chi connectivity index (χ4v) is 4.38. The van der Waals surface area contributed by atoms with Gasteiger partial charge in [0.15, 0.2) is 0 Å². The van der Waals surface area contributed by atoms with Gasteiger partial charge in [-0.05, 0) is 50.8 Å². The van der Waals surface area contributed by atoms with Crippen LogP contribution in [0.5, 0.6) is 0 Å². The second-order valence-electron chi connectivity index (χ2n) is 8.70. The number of aliphatic imine (C=N–C) groups is 2. The summed E-state index contributed by atoms with van der Waals surface area (Å²) in [6, 6.07) is 4.42. The molecular formula is C25H39N7. The van der Waals surface area contributed by atoms with Crippen LogP contribution >= 0.6 is 0 Å². The molecule has 1 aliphatic carbocycles. The number of likely N-dealkylation sites (N-methyl/N-ethyl adjacent to an activating group) is 2. The van der Waals surface area contributed by atoms with E-state index in [1.807, 2.05) is 45.1 Å². The second kappa shape index (κ2) is 11.8. The number of nitrogens with one attached hydrogen (secondary N) is 2. The molecule has 0 bridgehead atoms. The Hall–Kier alpha value is -2.67. The molecule has 1 fully saturated rings. The molecule has 0 spiro atoms. The Morgan fingerprint density at radius 3 is 2.75 bits per heavy atom. The Bertz CT molecular complexity index is 878. The minimum atomic E-state index is 0.655. The van der Waals surface area contributed by atoms with Gasteiger partial charge in [-0.1, -0.05) is 44.2 Å². The Labute approximate surface area is 193 Å². The fraction of sp³-hybridized carbons (Fsp3) is 0.560. The zero-order valence-electron chi connectivity index (χ0n) is 20.4. The van der Waals surface area contributed by atoms with Crippen molar-refractivity contribution in [2.24, 2.45) is 15.9 Å². The molecule has 174 valence electrons. The van der Waals surface area contributed by atoms with Gasteiger partial charge in [-0.25, -0.2) is 4.99 Å². The first-order valence-electron chi connectivity index (χ1n) is 11.9. The van der Waals surface area contributed by atoms with Crippen LogP contribution in [0, 0.1) is 12.8 Å².